The van der Waals surface area contributed by atoms with Gasteiger partial charge in [0.1, 0.15) is 6.04 Å². The molecule has 2 fully saturated rings. The number of thiophene rings is 1. The Labute approximate surface area is 242 Å². The minimum absolute atomic E-state index is 0.0757. The predicted molar refractivity (Wildman–Crippen MR) is 159 cm³/mol. The number of benzene rings is 2. The van der Waals surface area contributed by atoms with Gasteiger partial charge in [-0.2, -0.15) is 0 Å². The molecule has 0 saturated carbocycles. The van der Waals surface area contributed by atoms with Gasteiger partial charge >= 0.3 is 5.97 Å². The molecule has 8 nitrogen and oxygen atoms in total. The van der Waals surface area contributed by atoms with E-state index in [0.29, 0.717) is 67.3 Å². The second-order valence-electron chi connectivity index (χ2n) is 10.7. The van der Waals surface area contributed by atoms with Crippen molar-refractivity contribution in [3.05, 3.63) is 94.5 Å². The number of carboxylic acid groups (broad SMARTS) is 1. The SMILES string of the molecule is O=C(O)C1CCCN1C(=O)c1csc2c(NCc3ccccc3)c(C(=O)N3CCC(c4ccccc4)CC3)cnc12. The Hall–Kier alpha value is -4.24. The van der Waals surface area contributed by atoms with Gasteiger partial charge in [-0.05, 0) is 42.7 Å². The van der Waals surface area contributed by atoms with Gasteiger partial charge in [0.15, 0.2) is 0 Å². The smallest absolute Gasteiger partial charge is 0.326 e. The number of amides is 2. The van der Waals surface area contributed by atoms with E-state index in [2.05, 4.69) is 34.6 Å². The van der Waals surface area contributed by atoms with Crippen molar-refractivity contribution in [2.24, 2.45) is 0 Å². The van der Waals surface area contributed by atoms with Gasteiger partial charge in [0.05, 0.1) is 27.0 Å². The van der Waals surface area contributed by atoms with E-state index in [1.165, 1.54) is 21.8 Å². The summed E-state index contributed by atoms with van der Waals surface area (Å²) in [6.45, 7) is 2.23. The number of fused-ring (bicyclic) bond motifs is 1. The highest BCUT2D eigenvalue weighted by Gasteiger charge is 2.36. The maximum Gasteiger partial charge on any atom is 0.326 e. The first-order valence-electron chi connectivity index (χ1n) is 14.1. The van der Waals surface area contributed by atoms with Gasteiger partial charge in [-0.3, -0.25) is 14.6 Å². The average Bonchev–Trinajstić information content (AvgIpc) is 3.69. The molecule has 1 atom stereocenters. The molecule has 0 radical (unpaired) electrons. The van der Waals surface area contributed by atoms with Crippen LogP contribution in [0.3, 0.4) is 0 Å². The van der Waals surface area contributed by atoms with E-state index in [0.717, 1.165) is 23.1 Å². The van der Waals surface area contributed by atoms with Crippen molar-refractivity contribution in [3.63, 3.8) is 0 Å². The summed E-state index contributed by atoms with van der Waals surface area (Å²) < 4.78 is 0.723. The van der Waals surface area contributed by atoms with Crippen molar-refractivity contribution in [2.45, 2.75) is 44.2 Å². The summed E-state index contributed by atoms with van der Waals surface area (Å²) in [5.74, 6) is -0.960. The highest BCUT2D eigenvalue weighted by atomic mass is 32.1. The molecule has 0 spiro atoms. The van der Waals surface area contributed by atoms with E-state index in [-0.39, 0.29) is 11.8 Å². The molecule has 4 aromatic rings. The molecule has 41 heavy (non-hydrogen) atoms. The summed E-state index contributed by atoms with van der Waals surface area (Å²) in [5, 5.41) is 14.8. The van der Waals surface area contributed by atoms with Gasteiger partial charge in [-0.15, -0.1) is 11.3 Å². The molecular formula is C32H32N4O4S. The zero-order valence-electron chi connectivity index (χ0n) is 22.7. The van der Waals surface area contributed by atoms with E-state index in [9.17, 15) is 19.5 Å². The molecular weight excluding hydrogens is 536 g/mol. The molecule has 1 unspecified atom stereocenters. The van der Waals surface area contributed by atoms with E-state index in [1.807, 2.05) is 41.3 Å². The number of hydrogen-bond donors (Lipinski definition) is 2. The number of piperidine rings is 1. The molecule has 2 aliphatic heterocycles. The molecule has 2 saturated heterocycles. The second-order valence-corrected chi connectivity index (χ2v) is 11.6. The van der Waals surface area contributed by atoms with Crippen LogP contribution in [0.5, 0.6) is 0 Å². The Morgan fingerprint density at radius 1 is 0.902 bits per heavy atom. The molecule has 2 N–H and O–H groups in total. The molecule has 9 heteroatoms. The van der Waals surface area contributed by atoms with Crippen molar-refractivity contribution in [3.8, 4) is 0 Å². The van der Waals surface area contributed by atoms with E-state index in [1.54, 1.807) is 11.6 Å². The molecule has 6 rings (SSSR count). The summed E-state index contributed by atoms with van der Waals surface area (Å²) in [7, 11) is 0. The number of pyridine rings is 1. The van der Waals surface area contributed by atoms with Crippen LogP contribution >= 0.6 is 11.3 Å². The standard InChI is InChI=1S/C32H32N4O4S/c37-30(35-16-13-23(14-17-35)22-10-5-2-6-11-22)24-19-34-28-25(31(38)36-15-7-12-26(36)32(39)40)20-41-29(28)27(24)33-18-21-8-3-1-4-9-21/h1-6,8-11,19-20,23,26H,7,12-18H2,(H,33,34)(H,39,40). The van der Waals surface area contributed by atoms with Crippen molar-refractivity contribution in [2.75, 3.05) is 25.0 Å². The normalized spacial score (nSPS) is 17.6. The van der Waals surface area contributed by atoms with Gasteiger partial charge in [0.2, 0.25) is 0 Å². The molecule has 0 bridgehead atoms. The van der Waals surface area contributed by atoms with Crippen LogP contribution in [0.4, 0.5) is 5.69 Å². The summed E-state index contributed by atoms with van der Waals surface area (Å²) in [6.07, 6.45) is 4.47. The largest absolute Gasteiger partial charge is 0.480 e. The lowest BCUT2D eigenvalue weighted by atomic mass is 9.89. The fourth-order valence-electron chi connectivity index (χ4n) is 5.98. The van der Waals surface area contributed by atoms with Gasteiger partial charge < -0.3 is 20.2 Å². The van der Waals surface area contributed by atoms with Crippen molar-refractivity contribution >= 4 is 45.0 Å². The average molecular weight is 569 g/mol. The number of carboxylic acids is 1. The first kappa shape index (κ1) is 27.0. The maximum atomic E-state index is 13.9. The lowest BCUT2D eigenvalue weighted by Crippen LogP contribution is -2.40. The number of nitrogens with one attached hydrogen (secondary N) is 1. The Kier molecular flexibility index (Phi) is 7.69. The zero-order valence-corrected chi connectivity index (χ0v) is 23.5. The van der Waals surface area contributed by atoms with Crippen LogP contribution in [-0.4, -0.2) is 63.4 Å². The number of carbonyl (C=O) groups excluding carboxylic acids is 2. The quantitative estimate of drug-likeness (QED) is 0.300. The minimum atomic E-state index is -0.988. The van der Waals surface area contributed by atoms with Crippen LogP contribution in [0.25, 0.3) is 10.2 Å². The molecule has 2 amide bonds. The minimum Gasteiger partial charge on any atom is -0.480 e. The second kappa shape index (κ2) is 11.7. The predicted octanol–water partition coefficient (Wildman–Crippen LogP) is 5.62. The molecule has 2 aliphatic rings. The highest BCUT2D eigenvalue weighted by Crippen LogP contribution is 2.37. The van der Waals surface area contributed by atoms with Crippen LogP contribution in [0.15, 0.2) is 72.2 Å². The maximum absolute atomic E-state index is 13.9. The van der Waals surface area contributed by atoms with Gasteiger partial charge in [-0.1, -0.05) is 60.7 Å². The number of likely N-dealkylation sites (tertiary alicyclic amines) is 2. The summed E-state index contributed by atoms with van der Waals surface area (Å²) in [4.78, 5) is 47.1. The fourth-order valence-corrected chi connectivity index (χ4v) is 7.00. The third kappa shape index (κ3) is 5.41. The monoisotopic (exact) mass is 568 g/mol. The Bertz CT molecular complexity index is 1560. The summed E-state index contributed by atoms with van der Waals surface area (Å²) >= 11 is 1.36. The van der Waals surface area contributed by atoms with Gasteiger partial charge in [0.25, 0.3) is 11.8 Å². The lowest BCUT2D eigenvalue weighted by Gasteiger charge is -2.32. The number of aromatic nitrogens is 1. The molecule has 2 aromatic heterocycles. The molecule has 210 valence electrons. The molecule has 4 heterocycles. The Morgan fingerprint density at radius 2 is 1.61 bits per heavy atom. The van der Waals surface area contributed by atoms with Crippen molar-refractivity contribution in [1.29, 1.82) is 0 Å². The number of nitrogens with zero attached hydrogens (tertiary/aromatic N) is 3. The van der Waals surface area contributed by atoms with E-state index < -0.39 is 12.0 Å². The summed E-state index contributed by atoms with van der Waals surface area (Å²) in [6, 6.07) is 19.6. The van der Waals surface area contributed by atoms with Gasteiger partial charge in [-0.25, -0.2) is 4.79 Å². The zero-order chi connectivity index (χ0) is 28.3. The third-order valence-corrected chi connectivity index (χ3v) is 9.20. The van der Waals surface area contributed by atoms with Gasteiger partial charge in [0, 0.05) is 37.8 Å². The first-order valence-corrected chi connectivity index (χ1v) is 14.9. The van der Waals surface area contributed by atoms with E-state index >= 15 is 0 Å². The topological polar surface area (TPSA) is 103 Å². The first-order chi connectivity index (χ1) is 20.0. The Balaban J connectivity index is 1.30. The van der Waals surface area contributed by atoms with Crippen LogP contribution in [0.2, 0.25) is 0 Å². The number of carbonyl (C=O) groups is 3. The number of aliphatic carboxylic acids is 1. The van der Waals surface area contributed by atoms with Crippen LogP contribution in [0, 0.1) is 0 Å². The summed E-state index contributed by atoms with van der Waals surface area (Å²) in [5.41, 5.74) is 4.39. The lowest BCUT2D eigenvalue weighted by molar-refractivity contribution is -0.141. The van der Waals surface area contributed by atoms with Crippen LogP contribution in [-0.2, 0) is 11.3 Å². The Morgan fingerprint density at radius 3 is 2.32 bits per heavy atom. The third-order valence-electron chi connectivity index (χ3n) is 8.21. The fraction of sp³-hybridized carbons (Fsp3) is 0.312. The number of hydrogen-bond acceptors (Lipinski definition) is 6. The highest BCUT2D eigenvalue weighted by molar-refractivity contribution is 7.18. The molecule has 0 aliphatic carbocycles. The van der Waals surface area contributed by atoms with Crippen molar-refractivity contribution in [1.82, 2.24) is 14.8 Å². The van der Waals surface area contributed by atoms with Crippen LogP contribution < -0.4 is 5.32 Å². The number of anilines is 1. The number of rotatable bonds is 7. The van der Waals surface area contributed by atoms with Crippen LogP contribution in [0.1, 0.15) is 63.4 Å². The van der Waals surface area contributed by atoms with E-state index in [4.69, 9.17) is 0 Å². The van der Waals surface area contributed by atoms with Crippen molar-refractivity contribution < 1.29 is 19.5 Å². The molecule has 2 aromatic carbocycles.